The van der Waals surface area contributed by atoms with E-state index in [0.29, 0.717) is 25.4 Å². The fraction of sp³-hybridized carbons (Fsp3) is 0.864. The minimum atomic E-state index is -0.364. The number of rotatable bonds is 20. The lowest BCUT2D eigenvalue weighted by Gasteiger charge is -2.07. The normalized spacial score (nSPS) is 10.8. The van der Waals surface area contributed by atoms with Crippen LogP contribution < -0.4 is 0 Å². The zero-order valence-electron chi connectivity index (χ0n) is 17.4. The molecule has 0 N–H and O–H groups in total. The zero-order valence-corrected chi connectivity index (χ0v) is 17.4. The van der Waals surface area contributed by atoms with E-state index in [9.17, 15) is 4.79 Å². The molecule has 154 valence electrons. The molecule has 0 rings (SSSR count). The molecule has 0 aliphatic rings. The van der Waals surface area contributed by atoms with Gasteiger partial charge in [-0.05, 0) is 13.3 Å². The molecule has 26 heavy (non-hydrogen) atoms. The second kappa shape index (κ2) is 20.4. The van der Waals surface area contributed by atoms with Crippen LogP contribution in [-0.2, 0) is 19.0 Å². The summed E-state index contributed by atoms with van der Waals surface area (Å²) < 4.78 is 15.8. The molecule has 0 bridgehead atoms. The lowest BCUT2D eigenvalue weighted by molar-refractivity contribution is -0.140. The van der Waals surface area contributed by atoms with Gasteiger partial charge in [-0.25, -0.2) is 4.79 Å². The minimum Gasteiger partial charge on any atom is -0.460 e. The second-order valence-corrected chi connectivity index (χ2v) is 7.03. The van der Waals surface area contributed by atoms with E-state index in [1.165, 1.54) is 70.6 Å². The monoisotopic (exact) mass is 370 g/mol. The average Bonchev–Trinajstić information content (AvgIpc) is 2.63. The maximum atomic E-state index is 11.1. The lowest BCUT2D eigenvalue weighted by Crippen LogP contribution is -2.13. The quantitative estimate of drug-likeness (QED) is 0.153. The van der Waals surface area contributed by atoms with Gasteiger partial charge in [0.2, 0.25) is 0 Å². The summed E-state index contributed by atoms with van der Waals surface area (Å²) >= 11 is 0. The Morgan fingerprint density at radius 3 is 1.58 bits per heavy atom. The number of carbonyl (C=O) groups excluding carboxylic acids is 1. The average molecular weight is 371 g/mol. The molecule has 0 aromatic carbocycles. The van der Waals surface area contributed by atoms with Crippen LogP contribution in [0.4, 0.5) is 0 Å². The van der Waals surface area contributed by atoms with E-state index in [4.69, 9.17) is 14.2 Å². The van der Waals surface area contributed by atoms with Gasteiger partial charge in [0, 0.05) is 12.2 Å². The molecule has 0 aliphatic heterocycles. The Hall–Kier alpha value is -0.870. The van der Waals surface area contributed by atoms with Crippen LogP contribution in [0.5, 0.6) is 0 Å². The molecular formula is C22H42O4. The summed E-state index contributed by atoms with van der Waals surface area (Å²) in [7, 11) is 0. The largest absolute Gasteiger partial charge is 0.460 e. The van der Waals surface area contributed by atoms with E-state index in [-0.39, 0.29) is 12.6 Å². The van der Waals surface area contributed by atoms with Crippen LogP contribution in [0.2, 0.25) is 0 Å². The molecule has 0 saturated heterocycles. The van der Waals surface area contributed by atoms with E-state index in [1.54, 1.807) is 6.92 Å². The van der Waals surface area contributed by atoms with E-state index in [2.05, 4.69) is 13.5 Å². The van der Waals surface area contributed by atoms with Crippen molar-refractivity contribution < 1.29 is 19.0 Å². The molecule has 0 spiro atoms. The highest BCUT2D eigenvalue weighted by atomic mass is 16.6. The topological polar surface area (TPSA) is 44.8 Å². The molecule has 0 heterocycles. The van der Waals surface area contributed by atoms with Crippen molar-refractivity contribution in [2.45, 2.75) is 90.9 Å². The van der Waals surface area contributed by atoms with Crippen LogP contribution in [0.15, 0.2) is 12.2 Å². The Bertz CT molecular complexity index is 328. The number of esters is 1. The highest BCUT2D eigenvalue weighted by molar-refractivity contribution is 5.86. The second-order valence-electron chi connectivity index (χ2n) is 7.03. The highest BCUT2D eigenvalue weighted by Crippen LogP contribution is 2.11. The number of unbranched alkanes of at least 4 members (excludes halogenated alkanes) is 11. The zero-order chi connectivity index (χ0) is 19.3. The molecule has 0 radical (unpaired) electrons. The molecule has 4 heteroatoms. The van der Waals surface area contributed by atoms with Crippen molar-refractivity contribution in [3.8, 4) is 0 Å². The predicted molar refractivity (Wildman–Crippen MR) is 108 cm³/mol. The smallest absolute Gasteiger partial charge is 0.333 e. The predicted octanol–water partition coefficient (Wildman–Crippen LogP) is 5.84. The third kappa shape index (κ3) is 19.5. The molecule has 0 atom stereocenters. The molecule has 0 aliphatic carbocycles. The van der Waals surface area contributed by atoms with Gasteiger partial charge in [0.05, 0.1) is 19.8 Å². The van der Waals surface area contributed by atoms with Crippen molar-refractivity contribution in [2.75, 3.05) is 33.0 Å². The summed E-state index contributed by atoms with van der Waals surface area (Å²) in [5.74, 6) is -0.364. The highest BCUT2D eigenvalue weighted by Gasteiger charge is 2.01. The minimum absolute atomic E-state index is 0.268. The Morgan fingerprint density at radius 2 is 1.08 bits per heavy atom. The van der Waals surface area contributed by atoms with Gasteiger partial charge in [0.15, 0.2) is 0 Å². The maximum Gasteiger partial charge on any atom is 0.333 e. The van der Waals surface area contributed by atoms with Gasteiger partial charge in [-0.2, -0.15) is 0 Å². The van der Waals surface area contributed by atoms with Gasteiger partial charge >= 0.3 is 5.97 Å². The molecule has 0 saturated carbocycles. The van der Waals surface area contributed by atoms with Crippen molar-refractivity contribution in [3.63, 3.8) is 0 Å². The molecule has 0 unspecified atom stereocenters. The van der Waals surface area contributed by atoms with Crippen LogP contribution >= 0.6 is 0 Å². The van der Waals surface area contributed by atoms with Gasteiger partial charge < -0.3 is 14.2 Å². The van der Waals surface area contributed by atoms with Crippen LogP contribution in [0.25, 0.3) is 0 Å². The first-order chi connectivity index (χ1) is 12.7. The van der Waals surface area contributed by atoms with Gasteiger partial charge in [-0.15, -0.1) is 0 Å². The van der Waals surface area contributed by atoms with Gasteiger partial charge in [-0.1, -0.05) is 84.1 Å². The molecule has 0 aromatic rings. The first-order valence-electron chi connectivity index (χ1n) is 10.7. The third-order valence-corrected chi connectivity index (χ3v) is 4.32. The SMILES string of the molecule is C=C(C)C(=O)OCCOCCOCCCCCCCCCCCCCC. The number of ether oxygens (including phenoxy) is 3. The standard InChI is InChI=1S/C22H42O4/c1-4-5-6-7-8-9-10-11-12-13-14-15-16-24-17-18-25-19-20-26-22(23)21(2)3/h2,4-20H2,1,3H3. The van der Waals surface area contributed by atoms with Gasteiger partial charge in [-0.3, -0.25) is 0 Å². The lowest BCUT2D eigenvalue weighted by atomic mass is 10.1. The number of carbonyl (C=O) groups is 1. The summed E-state index contributed by atoms with van der Waals surface area (Å²) in [6, 6.07) is 0. The van der Waals surface area contributed by atoms with Crippen LogP contribution in [0.3, 0.4) is 0 Å². The van der Waals surface area contributed by atoms with Crippen molar-refractivity contribution in [1.29, 1.82) is 0 Å². The fourth-order valence-electron chi connectivity index (χ4n) is 2.68. The molecule has 0 aromatic heterocycles. The van der Waals surface area contributed by atoms with Crippen molar-refractivity contribution in [2.24, 2.45) is 0 Å². The van der Waals surface area contributed by atoms with E-state index < -0.39 is 0 Å². The fourth-order valence-corrected chi connectivity index (χ4v) is 2.68. The van der Waals surface area contributed by atoms with Gasteiger partial charge in [0.1, 0.15) is 6.61 Å². The Labute approximate surface area is 161 Å². The summed E-state index contributed by atoms with van der Waals surface area (Å²) in [4.78, 5) is 11.1. The Morgan fingerprint density at radius 1 is 0.654 bits per heavy atom. The maximum absolute atomic E-state index is 11.1. The number of hydrogen-bond acceptors (Lipinski definition) is 4. The summed E-state index contributed by atoms with van der Waals surface area (Å²) in [5.41, 5.74) is 0.413. The van der Waals surface area contributed by atoms with Crippen molar-refractivity contribution in [3.05, 3.63) is 12.2 Å². The molecule has 0 amide bonds. The third-order valence-electron chi connectivity index (χ3n) is 4.32. The summed E-state index contributed by atoms with van der Waals surface area (Å²) in [6.45, 7) is 10.1. The van der Waals surface area contributed by atoms with Crippen molar-refractivity contribution in [1.82, 2.24) is 0 Å². The van der Waals surface area contributed by atoms with Crippen LogP contribution in [0.1, 0.15) is 90.9 Å². The number of hydrogen-bond donors (Lipinski definition) is 0. The molecular weight excluding hydrogens is 328 g/mol. The van der Waals surface area contributed by atoms with E-state index in [0.717, 1.165) is 13.0 Å². The Balaban J connectivity index is 3.05. The molecule has 0 fully saturated rings. The van der Waals surface area contributed by atoms with Crippen LogP contribution in [0, 0.1) is 0 Å². The first-order valence-corrected chi connectivity index (χ1v) is 10.7. The summed E-state index contributed by atoms with van der Waals surface area (Å²) in [6.07, 6.45) is 16.3. The Kier molecular flexibility index (Phi) is 19.8. The van der Waals surface area contributed by atoms with E-state index >= 15 is 0 Å². The van der Waals surface area contributed by atoms with Crippen molar-refractivity contribution >= 4 is 5.97 Å². The van der Waals surface area contributed by atoms with E-state index in [1.807, 2.05) is 0 Å². The molecule has 4 nitrogen and oxygen atoms in total. The first kappa shape index (κ1) is 25.1. The summed E-state index contributed by atoms with van der Waals surface area (Å²) in [5, 5.41) is 0. The van der Waals surface area contributed by atoms with Crippen LogP contribution in [-0.4, -0.2) is 39.0 Å². The van der Waals surface area contributed by atoms with Gasteiger partial charge in [0.25, 0.3) is 0 Å².